The first-order valence-corrected chi connectivity index (χ1v) is 5.85. The van der Waals surface area contributed by atoms with Gasteiger partial charge in [-0.1, -0.05) is 5.16 Å². The van der Waals surface area contributed by atoms with Gasteiger partial charge in [-0.15, -0.1) is 0 Å². The summed E-state index contributed by atoms with van der Waals surface area (Å²) in [6.45, 7) is 0.278. The molecular weight excluding hydrogens is 282 g/mol. The first-order valence-electron chi connectivity index (χ1n) is 5.85. The van der Waals surface area contributed by atoms with E-state index in [2.05, 4.69) is 25.2 Å². The molecule has 10 heteroatoms. The Kier molecular flexibility index (Phi) is 4.39. The van der Waals surface area contributed by atoms with Crippen LogP contribution in [0.1, 0.15) is 16.4 Å². The molecule has 0 amide bonds. The Morgan fingerprint density at radius 1 is 1.52 bits per heavy atom. The summed E-state index contributed by atoms with van der Waals surface area (Å²) in [5.41, 5.74) is -0.267. The lowest BCUT2D eigenvalue weighted by molar-refractivity contribution is -0.384. The fourth-order valence-electron chi connectivity index (χ4n) is 1.54. The summed E-state index contributed by atoms with van der Waals surface area (Å²) in [6, 6.07) is 2.42. The van der Waals surface area contributed by atoms with Crippen LogP contribution in [0.15, 0.2) is 23.0 Å². The van der Waals surface area contributed by atoms with E-state index in [1.807, 2.05) is 0 Å². The van der Waals surface area contributed by atoms with Crippen LogP contribution >= 0.6 is 0 Å². The van der Waals surface area contributed by atoms with Crippen molar-refractivity contribution in [1.29, 1.82) is 0 Å². The van der Waals surface area contributed by atoms with Gasteiger partial charge in [-0.05, 0) is 6.07 Å². The number of nitro groups is 1. The molecule has 0 unspecified atom stereocenters. The van der Waals surface area contributed by atoms with Gasteiger partial charge < -0.3 is 14.6 Å². The zero-order chi connectivity index (χ0) is 15.2. The Bertz CT molecular complexity index is 642. The van der Waals surface area contributed by atoms with Crippen LogP contribution in [0.2, 0.25) is 0 Å². The number of methoxy groups -OCH3 is 1. The molecule has 0 aliphatic rings. The highest BCUT2D eigenvalue weighted by molar-refractivity contribution is 5.88. The SMILES string of the molecule is COC(=O)c1ccc([N+](=O)[O-])c(NCCc2ncno2)n1. The van der Waals surface area contributed by atoms with E-state index < -0.39 is 10.9 Å². The van der Waals surface area contributed by atoms with E-state index in [1.54, 1.807) is 0 Å². The molecule has 0 saturated carbocycles. The maximum absolute atomic E-state index is 11.4. The van der Waals surface area contributed by atoms with Gasteiger partial charge in [0, 0.05) is 19.0 Å². The number of esters is 1. The van der Waals surface area contributed by atoms with E-state index >= 15 is 0 Å². The largest absolute Gasteiger partial charge is 0.464 e. The third-order valence-corrected chi connectivity index (χ3v) is 2.50. The molecule has 0 aliphatic carbocycles. The van der Waals surface area contributed by atoms with Gasteiger partial charge in [-0.2, -0.15) is 4.98 Å². The second kappa shape index (κ2) is 6.41. The number of carbonyl (C=O) groups is 1. The van der Waals surface area contributed by atoms with Crippen molar-refractivity contribution in [1.82, 2.24) is 15.1 Å². The van der Waals surface area contributed by atoms with Crippen LogP contribution in [0.3, 0.4) is 0 Å². The molecule has 21 heavy (non-hydrogen) atoms. The van der Waals surface area contributed by atoms with E-state index in [1.165, 1.54) is 25.6 Å². The highest BCUT2D eigenvalue weighted by Crippen LogP contribution is 2.22. The third kappa shape index (κ3) is 3.49. The van der Waals surface area contributed by atoms with E-state index in [0.717, 1.165) is 0 Å². The zero-order valence-electron chi connectivity index (χ0n) is 11.0. The molecule has 2 rings (SSSR count). The maximum Gasteiger partial charge on any atom is 0.356 e. The minimum Gasteiger partial charge on any atom is -0.464 e. The number of nitrogens with zero attached hydrogens (tertiary/aromatic N) is 4. The average Bonchev–Trinajstić information content (AvgIpc) is 2.99. The zero-order valence-corrected chi connectivity index (χ0v) is 11.0. The first kappa shape index (κ1) is 14.4. The molecule has 0 radical (unpaired) electrons. The summed E-state index contributed by atoms with van der Waals surface area (Å²) in [6.07, 6.45) is 1.62. The summed E-state index contributed by atoms with van der Waals surface area (Å²) < 4.78 is 9.32. The fraction of sp³-hybridized carbons (Fsp3) is 0.273. The van der Waals surface area contributed by atoms with Crippen LogP contribution in [-0.4, -0.2) is 39.7 Å². The Labute approximate surface area is 118 Å². The number of hydrogen-bond donors (Lipinski definition) is 1. The summed E-state index contributed by atoms with van der Waals surface area (Å²) in [7, 11) is 1.20. The van der Waals surface area contributed by atoms with Crippen LogP contribution in [0.5, 0.6) is 0 Å². The second-order valence-corrected chi connectivity index (χ2v) is 3.82. The highest BCUT2D eigenvalue weighted by Gasteiger charge is 2.18. The number of hydrogen-bond acceptors (Lipinski definition) is 9. The van der Waals surface area contributed by atoms with Gasteiger partial charge in [-0.25, -0.2) is 9.78 Å². The van der Waals surface area contributed by atoms with Crippen LogP contribution < -0.4 is 5.32 Å². The molecule has 0 atom stereocenters. The molecule has 10 nitrogen and oxygen atoms in total. The van der Waals surface area contributed by atoms with E-state index in [9.17, 15) is 14.9 Å². The normalized spacial score (nSPS) is 10.1. The molecule has 110 valence electrons. The van der Waals surface area contributed by atoms with Crippen molar-refractivity contribution in [3.05, 3.63) is 40.2 Å². The van der Waals surface area contributed by atoms with Gasteiger partial charge in [0.2, 0.25) is 11.7 Å². The lowest BCUT2D eigenvalue weighted by Crippen LogP contribution is -2.12. The summed E-state index contributed by atoms with van der Waals surface area (Å²) in [4.78, 5) is 29.4. The van der Waals surface area contributed by atoms with Crippen molar-refractivity contribution in [3.8, 4) is 0 Å². The summed E-state index contributed by atoms with van der Waals surface area (Å²) >= 11 is 0. The van der Waals surface area contributed by atoms with Crippen molar-refractivity contribution in [2.45, 2.75) is 6.42 Å². The fourth-order valence-corrected chi connectivity index (χ4v) is 1.54. The Morgan fingerprint density at radius 3 is 2.95 bits per heavy atom. The monoisotopic (exact) mass is 293 g/mol. The molecule has 1 N–H and O–H groups in total. The van der Waals surface area contributed by atoms with Gasteiger partial charge in [0.1, 0.15) is 0 Å². The van der Waals surface area contributed by atoms with E-state index in [-0.39, 0.29) is 23.7 Å². The average molecular weight is 293 g/mol. The molecule has 0 fully saturated rings. The predicted octanol–water partition coefficient (Wildman–Crippen LogP) is 0.814. The van der Waals surface area contributed by atoms with Crippen molar-refractivity contribution in [2.75, 3.05) is 19.0 Å². The number of nitrogens with one attached hydrogen (secondary N) is 1. The van der Waals surface area contributed by atoms with Gasteiger partial charge in [0.05, 0.1) is 12.0 Å². The quantitative estimate of drug-likeness (QED) is 0.466. The standard InChI is InChI=1S/C11H11N5O5/c1-20-11(17)7-2-3-8(16(18)19)10(15-7)12-5-4-9-13-6-14-21-9/h2-3,6H,4-5H2,1H3,(H,12,15). The second-order valence-electron chi connectivity index (χ2n) is 3.82. The lowest BCUT2D eigenvalue weighted by atomic mass is 10.3. The third-order valence-electron chi connectivity index (χ3n) is 2.50. The number of ether oxygens (including phenoxy) is 1. The van der Waals surface area contributed by atoms with E-state index in [4.69, 9.17) is 4.52 Å². The number of rotatable bonds is 6. The Morgan fingerprint density at radius 2 is 2.33 bits per heavy atom. The minimum absolute atomic E-state index is 0.0246. The van der Waals surface area contributed by atoms with Gasteiger partial charge in [0.25, 0.3) is 0 Å². The van der Waals surface area contributed by atoms with Crippen LogP contribution in [0, 0.1) is 10.1 Å². The van der Waals surface area contributed by atoms with Gasteiger partial charge in [-0.3, -0.25) is 10.1 Å². The molecule has 0 aromatic carbocycles. The number of pyridine rings is 1. The molecule has 2 aromatic rings. The molecule has 0 spiro atoms. The van der Waals surface area contributed by atoms with Crippen molar-refractivity contribution >= 4 is 17.5 Å². The maximum atomic E-state index is 11.4. The number of carbonyl (C=O) groups excluding carboxylic acids is 1. The molecule has 0 saturated heterocycles. The molecule has 0 aliphatic heterocycles. The molecule has 2 aromatic heterocycles. The van der Waals surface area contributed by atoms with Crippen LogP contribution in [-0.2, 0) is 11.2 Å². The minimum atomic E-state index is -0.676. The number of anilines is 1. The van der Waals surface area contributed by atoms with Crippen molar-refractivity contribution < 1.29 is 19.0 Å². The molecule has 0 bridgehead atoms. The Hall–Kier alpha value is -3.04. The molecular formula is C11H11N5O5. The predicted molar refractivity (Wildman–Crippen MR) is 68.7 cm³/mol. The van der Waals surface area contributed by atoms with Crippen LogP contribution in [0.4, 0.5) is 11.5 Å². The summed E-state index contributed by atoms with van der Waals surface area (Å²) in [5.74, 6) is -0.318. The summed E-state index contributed by atoms with van der Waals surface area (Å²) in [5, 5.41) is 17.1. The lowest BCUT2D eigenvalue weighted by Gasteiger charge is -2.06. The smallest absolute Gasteiger partial charge is 0.356 e. The molecule has 2 heterocycles. The van der Waals surface area contributed by atoms with E-state index in [0.29, 0.717) is 12.3 Å². The van der Waals surface area contributed by atoms with Crippen molar-refractivity contribution in [3.63, 3.8) is 0 Å². The van der Waals surface area contributed by atoms with Gasteiger partial charge >= 0.3 is 11.7 Å². The Balaban J connectivity index is 2.14. The van der Waals surface area contributed by atoms with Crippen LogP contribution in [0.25, 0.3) is 0 Å². The first-order chi connectivity index (χ1) is 10.1. The highest BCUT2D eigenvalue weighted by atomic mass is 16.6. The van der Waals surface area contributed by atoms with Crippen molar-refractivity contribution in [2.24, 2.45) is 0 Å². The van der Waals surface area contributed by atoms with Gasteiger partial charge in [0.15, 0.2) is 12.0 Å². The topological polar surface area (TPSA) is 133 Å². The number of aromatic nitrogens is 3.